The summed E-state index contributed by atoms with van der Waals surface area (Å²) in [6.45, 7) is 2.03. The van der Waals surface area contributed by atoms with Crippen molar-refractivity contribution in [3.05, 3.63) is 60.0 Å². The predicted molar refractivity (Wildman–Crippen MR) is 89.0 cm³/mol. The van der Waals surface area contributed by atoms with Crippen molar-refractivity contribution in [2.45, 2.75) is 6.92 Å². The molecule has 0 amide bonds. The van der Waals surface area contributed by atoms with Gasteiger partial charge in [-0.3, -0.25) is 4.98 Å². The predicted octanol–water partition coefficient (Wildman–Crippen LogP) is 3.70. The number of aryl methyl sites for hydroxylation is 1. The lowest BCUT2D eigenvalue weighted by atomic mass is 10.1. The molecule has 4 rings (SSSR count). The number of aromatic nitrogens is 4. The van der Waals surface area contributed by atoms with E-state index in [1.54, 1.807) is 16.9 Å². The van der Waals surface area contributed by atoms with E-state index in [0.29, 0.717) is 16.3 Å². The van der Waals surface area contributed by atoms with E-state index in [4.69, 9.17) is 0 Å². The Morgan fingerprint density at radius 1 is 1.04 bits per heavy atom. The largest absolute Gasteiger partial charge is 0.265 e. The summed E-state index contributed by atoms with van der Waals surface area (Å²) < 4.78 is 1.62. The van der Waals surface area contributed by atoms with Crippen LogP contribution in [0.2, 0.25) is 0 Å². The average molecular weight is 317 g/mol. The SMILES string of the molecule is Cc1ccc(-c2nc3sc(-c4ccncc4)nn3c2C#N)cc1. The first-order valence-corrected chi connectivity index (χ1v) is 7.85. The minimum Gasteiger partial charge on any atom is -0.265 e. The van der Waals surface area contributed by atoms with Crippen molar-refractivity contribution in [2.75, 3.05) is 0 Å². The molecule has 5 nitrogen and oxygen atoms in total. The average Bonchev–Trinajstić information content (AvgIpc) is 3.14. The van der Waals surface area contributed by atoms with E-state index in [0.717, 1.165) is 16.1 Å². The molecule has 3 aromatic heterocycles. The molecule has 0 bridgehead atoms. The van der Waals surface area contributed by atoms with Gasteiger partial charge in [-0.1, -0.05) is 41.2 Å². The van der Waals surface area contributed by atoms with Crippen LogP contribution in [-0.2, 0) is 0 Å². The summed E-state index contributed by atoms with van der Waals surface area (Å²) in [5.41, 5.74) is 4.20. The molecular weight excluding hydrogens is 306 g/mol. The molecule has 110 valence electrons. The Morgan fingerprint density at radius 3 is 2.48 bits per heavy atom. The van der Waals surface area contributed by atoms with Crippen molar-refractivity contribution in [2.24, 2.45) is 0 Å². The normalized spacial score (nSPS) is 10.8. The number of hydrogen-bond donors (Lipinski definition) is 0. The van der Waals surface area contributed by atoms with Gasteiger partial charge in [-0.05, 0) is 19.1 Å². The Morgan fingerprint density at radius 2 is 1.78 bits per heavy atom. The van der Waals surface area contributed by atoms with Crippen molar-refractivity contribution in [3.8, 4) is 27.9 Å². The smallest absolute Gasteiger partial charge is 0.214 e. The minimum atomic E-state index is 0.459. The first-order valence-electron chi connectivity index (χ1n) is 7.03. The zero-order valence-corrected chi connectivity index (χ0v) is 13.1. The van der Waals surface area contributed by atoms with E-state index >= 15 is 0 Å². The van der Waals surface area contributed by atoms with Gasteiger partial charge < -0.3 is 0 Å². The van der Waals surface area contributed by atoms with Gasteiger partial charge in [0.25, 0.3) is 0 Å². The maximum Gasteiger partial charge on any atom is 0.214 e. The summed E-state index contributed by atoms with van der Waals surface area (Å²) in [4.78, 5) is 9.33. The van der Waals surface area contributed by atoms with Crippen molar-refractivity contribution in [3.63, 3.8) is 0 Å². The third kappa shape index (κ3) is 2.28. The van der Waals surface area contributed by atoms with Crippen LogP contribution in [0.15, 0.2) is 48.8 Å². The quantitative estimate of drug-likeness (QED) is 0.565. The Kier molecular flexibility index (Phi) is 3.14. The first kappa shape index (κ1) is 13.6. The lowest BCUT2D eigenvalue weighted by Crippen LogP contribution is -1.91. The van der Waals surface area contributed by atoms with Gasteiger partial charge in [-0.15, -0.1) is 0 Å². The topological polar surface area (TPSA) is 66.9 Å². The van der Waals surface area contributed by atoms with Crippen LogP contribution in [-0.4, -0.2) is 19.6 Å². The van der Waals surface area contributed by atoms with Gasteiger partial charge in [0.1, 0.15) is 16.8 Å². The molecule has 0 saturated carbocycles. The Bertz CT molecular complexity index is 1020. The monoisotopic (exact) mass is 317 g/mol. The molecule has 0 aliphatic heterocycles. The molecular formula is C17H11N5S. The lowest BCUT2D eigenvalue weighted by molar-refractivity contribution is 0.960. The standard InChI is InChI=1S/C17H11N5S/c1-11-2-4-12(5-3-11)15-14(10-18)22-17(20-15)23-16(21-22)13-6-8-19-9-7-13/h2-9H,1H3. The van der Waals surface area contributed by atoms with E-state index in [9.17, 15) is 5.26 Å². The second kappa shape index (κ2) is 5.30. The van der Waals surface area contributed by atoms with Gasteiger partial charge in [0.15, 0.2) is 5.69 Å². The molecule has 3 heterocycles. The highest BCUT2D eigenvalue weighted by Crippen LogP contribution is 2.30. The van der Waals surface area contributed by atoms with Crippen LogP contribution in [0, 0.1) is 18.3 Å². The van der Waals surface area contributed by atoms with Gasteiger partial charge in [-0.2, -0.15) is 14.9 Å². The van der Waals surface area contributed by atoms with E-state index in [-0.39, 0.29) is 0 Å². The van der Waals surface area contributed by atoms with Crippen LogP contribution in [0.1, 0.15) is 11.3 Å². The van der Waals surface area contributed by atoms with Gasteiger partial charge >= 0.3 is 0 Å². The number of benzene rings is 1. The molecule has 0 N–H and O–H groups in total. The molecule has 23 heavy (non-hydrogen) atoms. The van der Waals surface area contributed by atoms with E-state index in [1.165, 1.54) is 16.9 Å². The van der Waals surface area contributed by atoms with Gasteiger partial charge in [0.2, 0.25) is 4.96 Å². The second-order valence-corrected chi connectivity index (χ2v) is 6.08. The lowest BCUT2D eigenvalue weighted by Gasteiger charge is -1.98. The summed E-state index contributed by atoms with van der Waals surface area (Å²) in [6.07, 6.45) is 3.45. The molecule has 0 atom stereocenters. The van der Waals surface area contributed by atoms with Gasteiger partial charge in [0, 0.05) is 23.5 Å². The van der Waals surface area contributed by atoms with Crippen molar-refractivity contribution in [1.82, 2.24) is 19.6 Å². The van der Waals surface area contributed by atoms with Crippen LogP contribution in [0.25, 0.3) is 26.8 Å². The van der Waals surface area contributed by atoms with E-state index in [1.807, 2.05) is 43.3 Å². The molecule has 1 aromatic carbocycles. The van der Waals surface area contributed by atoms with E-state index < -0.39 is 0 Å². The first-order chi connectivity index (χ1) is 11.3. The fraction of sp³-hybridized carbons (Fsp3) is 0.0588. The Hall–Kier alpha value is -3.04. The summed E-state index contributed by atoms with van der Waals surface area (Å²) >= 11 is 1.46. The van der Waals surface area contributed by atoms with Crippen LogP contribution in [0.5, 0.6) is 0 Å². The van der Waals surface area contributed by atoms with Crippen LogP contribution < -0.4 is 0 Å². The van der Waals surface area contributed by atoms with Crippen LogP contribution in [0.4, 0.5) is 0 Å². The summed E-state index contributed by atoms with van der Waals surface area (Å²) in [6, 6.07) is 14.0. The van der Waals surface area contributed by atoms with Crippen molar-refractivity contribution in [1.29, 1.82) is 5.26 Å². The van der Waals surface area contributed by atoms with Crippen molar-refractivity contribution < 1.29 is 0 Å². The number of rotatable bonds is 2. The number of imidazole rings is 1. The Labute approximate surface area is 136 Å². The fourth-order valence-electron chi connectivity index (χ4n) is 2.37. The number of pyridine rings is 1. The van der Waals surface area contributed by atoms with Gasteiger partial charge in [-0.25, -0.2) is 4.98 Å². The molecule has 0 aliphatic rings. The summed E-state index contributed by atoms with van der Waals surface area (Å²) in [5.74, 6) is 0. The molecule has 0 saturated heterocycles. The molecule has 4 aromatic rings. The Balaban J connectivity index is 1.88. The minimum absolute atomic E-state index is 0.459. The maximum absolute atomic E-state index is 9.54. The number of nitrogens with zero attached hydrogens (tertiary/aromatic N) is 5. The molecule has 0 fully saturated rings. The third-order valence-corrected chi connectivity index (χ3v) is 4.52. The fourth-order valence-corrected chi connectivity index (χ4v) is 3.28. The van der Waals surface area contributed by atoms with Gasteiger partial charge in [0.05, 0.1) is 0 Å². The molecule has 0 spiro atoms. The number of hydrogen-bond acceptors (Lipinski definition) is 5. The molecule has 0 aliphatic carbocycles. The summed E-state index contributed by atoms with van der Waals surface area (Å²) in [5, 5.41) is 14.9. The van der Waals surface area contributed by atoms with Crippen molar-refractivity contribution >= 4 is 16.3 Å². The molecule has 0 radical (unpaired) electrons. The zero-order chi connectivity index (χ0) is 15.8. The second-order valence-electron chi connectivity index (χ2n) is 5.12. The number of nitriles is 1. The third-order valence-electron chi connectivity index (χ3n) is 3.56. The molecule has 0 unspecified atom stereocenters. The number of fused-ring (bicyclic) bond motifs is 1. The summed E-state index contributed by atoms with van der Waals surface area (Å²) in [7, 11) is 0. The molecule has 6 heteroatoms. The maximum atomic E-state index is 9.54. The van der Waals surface area contributed by atoms with E-state index in [2.05, 4.69) is 21.1 Å². The zero-order valence-electron chi connectivity index (χ0n) is 12.3. The van der Waals surface area contributed by atoms with Crippen LogP contribution in [0.3, 0.4) is 0 Å². The highest BCUT2D eigenvalue weighted by atomic mass is 32.1. The highest BCUT2D eigenvalue weighted by molar-refractivity contribution is 7.19. The van der Waals surface area contributed by atoms with Crippen LogP contribution >= 0.6 is 11.3 Å². The highest BCUT2D eigenvalue weighted by Gasteiger charge is 2.18.